The third kappa shape index (κ3) is 7.13. The second-order valence-corrected chi connectivity index (χ2v) is 16.2. The van der Waals surface area contributed by atoms with E-state index in [1.165, 1.54) is 0 Å². The number of piperidine rings is 2. The number of nitrogens with one attached hydrogen (secondary N) is 2. The minimum Gasteiger partial charge on any atom is -0.459 e. The molecule has 0 unspecified atom stereocenters. The second kappa shape index (κ2) is 11.5. The summed E-state index contributed by atoms with van der Waals surface area (Å²) in [6.45, 7) is 17.3. The Hall–Kier alpha value is -3.74. The molecule has 2 heterocycles. The molecule has 6 nitrogen and oxygen atoms in total. The molecule has 2 fully saturated rings. The minimum absolute atomic E-state index is 0.0954. The SMILES string of the molecule is CC1(C)CC(OC(=O)c2ccc3cc(-c4ccc5c(C(=O)OC6CC(C)(C)NC(C)(C)C6)cccc5c4)ccc3c2)CC(C)(C)N1. The summed E-state index contributed by atoms with van der Waals surface area (Å²) >= 11 is 0. The lowest BCUT2D eigenvalue weighted by Gasteiger charge is -2.45. The standard InChI is InChI=1S/C40H48N2O4/c1-37(2)21-31(22-38(3,4)41-37)45-35(43)30-15-14-26-18-25(12-13-27(26)20-30)28-16-17-33-29(19-28)10-9-11-34(33)36(44)46-32-23-39(5,6)42-40(7,8)24-32/h9-20,31-32,41-42H,21-24H2,1-8H3. The van der Waals surface area contributed by atoms with Gasteiger partial charge in [-0.3, -0.25) is 0 Å². The zero-order chi connectivity index (χ0) is 33.1. The van der Waals surface area contributed by atoms with Crippen LogP contribution in [0.3, 0.4) is 0 Å². The lowest BCUT2D eigenvalue weighted by atomic mass is 9.81. The van der Waals surface area contributed by atoms with Gasteiger partial charge in [-0.25, -0.2) is 9.59 Å². The normalized spacial score (nSPS) is 20.8. The van der Waals surface area contributed by atoms with Gasteiger partial charge < -0.3 is 20.1 Å². The summed E-state index contributed by atoms with van der Waals surface area (Å²) in [6, 6.07) is 24.1. The van der Waals surface area contributed by atoms with Crippen LogP contribution in [0, 0.1) is 0 Å². The molecular formula is C40H48N2O4. The summed E-state index contributed by atoms with van der Waals surface area (Å²) < 4.78 is 12.1. The number of hydrogen-bond acceptors (Lipinski definition) is 6. The Bertz CT molecular complexity index is 1790. The Morgan fingerprint density at radius 3 is 1.63 bits per heavy atom. The van der Waals surface area contributed by atoms with Crippen molar-refractivity contribution in [2.24, 2.45) is 0 Å². The van der Waals surface area contributed by atoms with E-state index in [9.17, 15) is 9.59 Å². The van der Waals surface area contributed by atoms with Gasteiger partial charge in [-0.1, -0.05) is 42.5 Å². The summed E-state index contributed by atoms with van der Waals surface area (Å²) in [5.41, 5.74) is 2.88. The van der Waals surface area contributed by atoms with E-state index in [1.54, 1.807) is 0 Å². The number of hydrogen-bond donors (Lipinski definition) is 2. The van der Waals surface area contributed by atoms with Crippen molar-refractivity contribution in [1.29, 1.82) is 0 Å². The van der Waals surface area contributed by atoms with Gasteiger partial charge in [0, 0.05) is 47.8 Å². The van der Waals surface area contributed by atoms with Gasteiger partial charge in [0.05, 0.1) is 11.1 Å². The Labute approximate surface area is 273 Å². The molecule has 0 bridgehead atoms. The highest BCUT2D eigenvalue weighted by Gasteiger charge is 2.40. The van der Waals surface area contributed by atoms with Crippen LogP contribution in [-0.4, -0.2) is 46.3 Å². The minimum atomic E-state index is -0.277. The summed E-state index contributed by atoms with van der Waals surface area (Å²) in [5, 5.41) is 11.2. The van der Waals surface area contributed by atoms with E-state index < -0.39 is 0 Å². The largest absolute Gasteiger partial charge is 0.459 e. The highest BCUT2D eigenvalue weighted by atomic mass is 16.5. The average Bonchev–Trinajstić information content (AvgIpc) is 2.92. The van der Waals surface area contributed by atoms with E-state index in [4.69, 9.17) is 9.47 Å². The summed E-state index contributed by atoms with van der Waals surface area (Å²) in [7, 11) is 0. The highest BCUT2D eigenvalue weighted by Crippen LogP contribution is 2.34. The van der Waals surface area contributed by atoms with Crippen LogP contribution >= 0.6 is 0 Å². The maximum Gasteiger partial charge on any atom is 0.339 e. The molecule has 0 amide bonds. The number of rotatable bonds is 5. The molecule has 0 aromatic heterocycles. The van der Waals surface area contributed by atoms with Gasteiger partial charge >= 0.3 is 11.9 Å². The molecule has 2 saturated heterocycles. The van der Waals surface area contributed by atoms with Crippen molar-refractivity contribution in [2.75, 3.05) is 0 Å². The van der Waals surface area contributed by atoms with Gasteiger partial charge in [-0.2, -0.15) is 0 Å². The molecule has 6 heteroatoms. The lowest BCUT2D eigenvalue weighted by Crippen LogP contribution is -2.59. The first-order valence-corrected chi connectivity index (χ1v) is 16.5. The summed E-state index contributed by atoms with van der Waals surface area (Å²) in [6.07, 6.45) is 2.84. The molecular weight excluding hydrogens is 572 g/mol. The number of carbonyl (C=O) groups excluding carboxylic acids is 2. The third-order valence-corrected chi connectivity index (χ3v) is 9.36. The van der Waals surface area contributed by atoms with Gasteiger partial charge in [0.15, 0.2) is 0 Å². The number of ether oxygens (including phenoxy) is 2. The van der Waals surface area contributed by atoms with Crippen LogP contribution in [0.4, 0.5) is 0 Å². The fourth-order valence-electron chi connectivity index (χ4n) is 8.25. The van der Waals surface area contributed by atoms with E-state index in [0.29, 0.717) is 11.1 Å². The molecule has 6 rings (SSSR count). The highest BCUT2D eigenvalue weighted by molar-refractivity contribution is 6.05. The third-order valence-electron chi connectivity index (χ3n) is 9.36. The molecule has 2 aliphatic rings. The predicted octanol–water partition coefficient (Wildman–Crippen LogP) is 8.59. The maximum atomic E-state index is 13.4. The van der Waals surface area contributed by atoms with Crippen molar-refractivity contribution in [3.8, 4) is 11.1 Å². The van der Waals surface area contributed by atoms with Gasteiger partial charge in [-0.05, 0) is 118 Å². The van der Waals surface area contributed by atoms with Crippen molar-refractivity contribution >= 4 is 33.5 Å². The molecule has 4 aromatic carbocycles. The van der Waals surface area contributed by atoms with E-state index in [-0.39, 0.29) is 46.3 Å². The van der Waals surface area contributed by atoms with Crippen LogP contribution in [0.5, 0.6) is 0 Å². The fourth-order valence-corrected chi connectivity index (χ4v) is 8.25. The van der Waals surface area contributed by atoms with Gasteiger partial charge in [-0.15, -0.1) is 0 Å². The van der Waals surface area contributed by atoms with E-state index in [0.717, 1.165) is 58.4 Å². The molecule has 242 valence electrons. The Morgan fingerprint density at radius 1 is 0.565 bits per heavy atom. The molecule has 0 saturated carbocycles. The van der Waals surface area contributed by atoms with Crippen LogP contribution in [0.15, 0.2) is 72.8 Å². The quantitative estimate of drug-likeness (QED) is 0.218. The Kier molecular flexibility index (Phi) is 8.05. The van der Waals surface area contributed by atoms with Crippen LogP contribution in [0.25, 0.3) is 32.7 Å². The fraction of sp³-hybridized carbons (Fsp3) is 0.450. The molecule has 0 spiro atoms. The van der Waals surface area contributed by atoms with Crippen LogP contribution in [-0.2, 0) is 9.47 Å². The molecule has 46 heavy (non-hydrogen) atoms. The van der Waals surface area contributed by atoms with Gasteiger partial charge in [0.1, 0.15) is 12.2 Å². The average molecular weight is 621 g/mol. The molecule has 2 aliphatic heterocycles. The first-order chi connectivity index (χ1) is 21.5. The van der Waals surface area contributed by atoms with E-state index >= 15 is 0 Å². The Balaban J connectivity index is 1.19. The summed E-state index contributed by atoms with van der Waals surface area (Å²) in [5.74, 6) is -0.551. The summed E-state index contributed by atoms with van der Waals surface area (Å²) in [4.78, 5) is 26.6. The van der Waals surface area contributed by atoms with Crippen molar-refractivity contribution in [2.45, 2.75) is 115 Å². The van der Waals surface area contributed by atoms with Crippen molar-refractivity contribution in [3.63, 3.8) is 0 Å². The topological polar surface area (TPSA) is 76.7 Å². The van der Waals surface area contributed by atoms with Gasteiger partial charge in [0.25, 0.3) is 0 Å². The van der Waals surface area contributed by atoms with E-state index in [2.05, 4.69) is 96.4 Å². The van der Waals surface area contributed by atoms with Crippen molar-refractivity contribution in [3.05, 3.63) is 83.9 Å². The molecule has 2 N–H and O–H groups in total. The number of fused-ring (bicyclic) bond motifs is 2. The monoisotopic (exact) mass is 620 g/mol. The molecule has 0 radical (unpaired) electrons. The molecule has 0 aliphatic carbocycles. The lowest BCUT2D eigenvalue weighted by molar-refractivity contribution is -0.00756. The zero-order valence-electron chi connectivity index (χ0n) is 28.5. The van der Waals surface area contributed by atoms with Crippen LogP contribution in [0.1, 0.15) is 102 Å². The zero-order valence-corrected chi connectivity index (χ0v) is 28.5. The van der Waals surface area contributed by atoms with Crippen molar-refractivity contribution in [1.82, 2.24) is 10.6 Å². The number of benzene rings is 4. The first kappa shape index (κ1) is 32.2. The maximum absolute atomic E-state index is 13.4. The number of carbonyl (C=O) groups is 2. The molecule has 4 aromatic rings. The van der Waals surface area contributed by atoms with E-state index in [1.807, 2.05) is 42.5 Å². The van der Waals surface area contributed by atoms with Gasteiger partial charge in [0.2, 0.25) is 0 Å². The smallest absolute Gasteiger partial charge is 0.339 e. The van der Waals surface area contributed by atoms with Crippen molar-refractivity contribution < 1.29 is 19.1 Å². The Morgan fingerprint density at radius 2 is 1.04 bits per heavy atom. The second-order valence-electron chi connectivity index (χ2n) is 16.2. The van der Waals surface area contributed by atoms with Crippen LogP contribution < -0.4 is 10.6 Å². The van der Waals surface area contributed by atoms with Crippen LogP contribution in [0.2, 0.25) is 0 Å². The first-order valence-electron chi connectivity index (χ1n) is 16.5. The molecule has 0 atom stereocenters. The predicted molar refractivity (Wildman–Crippen MR) is 186 cm³/mol. The number of esters is 2.